The normalized spacial score (nSPS) is 10.5. The number of rotatable bonds is 9. The maximum atomic E-state index is 12.5. The fraction of sp³-hybridized carbons (Fsp3) is 0.333. The van der Waals surface area contributed by atoms with E-state index in [-0.39, 0.29) is 23.6 Å². The molecule has 0 spiro atoms. The number of thioether (sulfide) groups is 1. The second kappa shape index (κ2) is 10.6. The Kier molecular flexibility index (Phi) is 8.20. The van der Waals surface area contributed by atoms with Gasteiger partial charge in [0.1, 0.15) is 12.4 Å². The maximum Gasteiger partial charge on any atom is 0.252 e. The summed E-state index contributed by atoms with van der Waals surface area (Å²) in [6.45, 7) is 6.65. The van der Waals surface area contributed by atoms with Crippen molar-refractivity contribution in [2.75, 3.05) is 18.9 Å². The number of nitrogens with one attached hydrogen (secondary N) is 2. The number of carbonyl (C=O) groups excluding carboxylic acids is 2. The van der Waals surface area contributed by atoms with Gasteiger partial charge >= 0.3 is 0 Å². The molecule has 0 saturated carbocycles. The first kappa shape index (κ1) is 20.8. The molecule has 0 aliphatic heterocycles. The summed E-state index contributed by atoms with van der Waals surface area (Å²) in [5, 5.41) is 5.71. The monoisotopic (exact) mass is 386 g/mol. The van der Waals surface area contributed by atoms with Gasteiger partial charge in [-0.3, -0.25) is 9.59 Å². The molecule has 2 amide bonds. The van der Waals surface area contributed by atoms with Crippen LogP contribution in [-0.4, -0.2) is 36.8 Å². The van der Waals surface area contributed by atoms with Gasteiger partial charge in [-0.25, -0.2) is 0 Å². The molecule has 0 aromatic heterocycles. The van der Waals surface area contributed by atoms with Crippen LogP contribution in [-0.2, 0) is 4.79 Å². The zero-order valence-electron chi connectivity index (χ0n) is 16.0. The van der Waals surface area contributed by atoms with Crippen LogP contribution >= 0.6 is 11.8 Å². The van der Waals surface area contributed by atoms with Crippen molar-refractivity contribution in [3.05, 3.63) is 59.7 Å². The highest BCUT2D eigenvalue weighted by atomic mass is 32.2. The van der Waals surface area contributed by atoms with Crippen molar-refractivity contribution in [2.24, 2.45) is 0 Å². The fourth-order valence-corrected chi connectivity index (χ4v) is 3.21. The van der Waals surface area contributed by atoms with E-state index >= 15 is 0 Å². The summed E-state index contributed by atoms with van der Waals surface area (Å²) in [7, 11) is 0. The summed E-state index contributed by atoms with van der Waals surface area (Å²) in [6.07, 6.45) is 0. The molecule has 5 nitrogen and oxygen atoms in total. The zero-order chi connectivity index (χ0) is 19.6. The predicted octanol–water partition coefficient (Wildman–Crippen LogP) is 3.42. The van der Waals surface area contributed by atoms with Gasteiger partial charge in [-0.1, -0.05) is 29.8 Å². The summed E-state index contributed by atoms with van der Waals surface area (Å²) in [5.41, 5.74) is 1.74. The molecule has 0 aliphatic rings. The van der Waals surface area contributed by atoms with Crippen molar-refractivity contribution in [1.29, 1.82) is 0 Å². The van der Waals surface area contributed by atoms with Gasteiger partial charge in [-0.2, -0.15) is 0 Å². The largest absolute Gasteiger partial charge is 0.492 e. The van der Waals surface area contributed by atoms with Gasteiger partial charge in [0.2, 0.25) is 5.91 Å². The Balaban J connectivity index is 1.83. The van der Waals surface area contributed by atoms with E-state index in [1.165, 1.54) is 17.3 Å². The molecule has 0 radical (unpaired) electrons. The van der Waals surface area contributed by atoms with Crippen molar-refractivity contribution in [2.45, 2.75) is 31.7 Å². The Morgan fingerprint density at radius 3 is 2.48 bits per heavy atom. The number of hydrogen-bond acceptors (Lipinski definition) is 4. The second-order valence-corrected chi connectivity index (χ2v) is 7.44. The van der Waals surface area contributed by atoms with E-state index in [0.717, 1.165) is 10.6 Å². The number of aryl methyl sites for hydroxylation is 1. The minimum absolute atomic E-state index is 0.0447. The highest BCUT2D eigenvalue weighted by molar-refractivity contribution is 8.00. The third-order valence-corrected chi connectivity index (χ3v) is 4.69. The van der Waals surface area contributed by atoms with Crippen LogP contribution in [0.4, 0.5) is 0 Å². The van der Waals surface area contributed by atoms with E-state index in [0.29, 0.717) is 18.7 Å². The summed E-state index contributed by atoms with van der Waals surface area (Å²) >= 11 is 1.36. The Labute approximate surface area is 164 Å². The molecule has 144 valence electrons. The Morgan fingerprint density at radius 2 is 1.78 bits per heavy atom. The average molecular weight is 387 g/mol. The minimum atomic E-state index is -0.171. The van der Waals surface area contributed by atoms with E-state index in [4.69, 9.17) is 4.74 Å². The fourth-order valence-electron chi connectivity index (χ4n) is 2.35. The standard InChI is InChI=1S/C21H26N2O3S/c1-15(2)23-20(24)14-27-19-7-5-4-6-18(19)21(25)22-12-13-26-17-10-8-16(3)9-11-17/h4-11,15H,12-14H2,1-3H3,(H,22,25)(H,23,24). The lowest BCUT2D eigenvalue weighted by Crippen LogP contribution is -2.31. The third-order valence-electron chi connectivity index (χ3n) is 3.62. The van der Waals surface area contributed by atoms with Gasteiger partial charge in [0, 0.05) is 10.9 Å². The number of ether oxygens (including phenoxy) is 1. The number of carbonyl (C=O) groups is 2. The SMILES string of the molecule is Cc1ccc(OCCNC(=O)c2ccccc2SCC(=O)NC(C)C)cc1. The van der Waals surface area contributed by atoms with Gasteiger partial charge in [0.05, 0.1) is 17.9 Å². The summed E-state index contributed by atoms with van der Waals surface area (Å²) in [6, 6.07) is 15.2. The quantitative estimate of drug-likeness (QED) is 0.512. The van der Waals surface area contributed by atoms with E-state index in [1.54, 1.807) is 6.07 Å². The molecular weight excluding hydrogens is 360 g/mol. The average Bonchev–Trinajstić information content (AvgIpc) is 2.64. The topological polar surface area (TPSA) is 67.4 Å². The Morgan fingerprint density at radius 1 is 1.07 bits per heavy atom. The molecule has 2 N–H and O–H groups in total. The molecule has 0 bridgehead atoms. The van der Waals surface area contributed by atoms with Crippen molar-refractivity contribution in [3.63, 3.8) is 0 Å². The van der Waals surface area contributed by atoms with Crippen LogP contribution in [0.15, 0.2) is 53.4 Å². The molecule has 0 saturated heterocycles. The Bertz CT molecular complexity index is 760. The van der Waals surface area contributed by atoms with Crippen LogP contribution < -0.4 is 15.4 Å². The van der Waals surface area contributed by atoms with Gasteiger partial charge in [0.25, 0.3) is 5.91 Å². The predicted molar refractivity (Wildman–Crippen MR) is 109 cm³/mol. The molecule has 6 heteroatoms. The number of benzene rings is 2. The smallest absolute Gasteiger partial charge is 0.252 e. The van der Waals surface area contributed by atoms with Crippen LogP contribution in [0.5, 0.6) is 5.75 Å². The third kappa shape index (κ3) is 7.35. The molecule has 0 atom stereocenters. The molecular formula is C21H26N2O3S. The first-order valence-electron chi connectivity index (χ1n) is 8.94. The van der Waals surface area contributed by atoms with Gasteiger partial charge < -0.3 is 15.4 Å². The summed E-state index contributed by atoms with van der Waals surface area (Å²) in [5.74, 6) is 0.840. The van der Waals surface area contributed by atoms with Crippen LogP contribution in [0.1, 0.15) is 29.8 Å². The molecule has 0 fully saturated rings. The van der Waals surface area contributed by atoms with Crippen molar-refractivity contribution in [3.8, 4) is 5.75 Å². The highest BCUT2D eigenvalue weighted by Crippen LogP contribution is 2.22. The van der Waals surface area contributed by atoms with Crippen molar-refractivity contribution < 1.29 is 14.3 Å². The van der Waals surface area contributed by atoms with E-state index in [1.807, 2.05) is 63.2 Å². The zero-order valence-corrected chi connectivity index (χ0v) is 16.8. The summed E-state index contributed by atoms with van der Waals surface area (Å²) < 4.78 is 5.62. The van der Waals surface area contributed by atoms with E-state index in [2.05, 4.69) is 10.6 Å². The molecule has 2 aromatic rings. The molecule has 27 heavy (non-hydrogen) atoms. The first-order valence-corrected chi connectivity index (χ1v) is 9.93. The molecule has 2 rings (SSSR count). The van der Waals surface area contributed by atoms with Gasteiger partial charge in [-0.05, 0) is 45.0 Å². The highest BCUT2D eigenvalue weighted by Gasteiger charge is 2.12. The lowest BCUT2D eigenvalue weighted by atomic mass is 10.2. The van der Waals surface area contributed by atoms with Crippen molar-refractivity contribution in [1.82, 2.24) is 10.6 Å². The number of amides is 2. The Hall–Kier alpha value is -2.47. The molecule has 2 aromatic carbocycles. The van der Waals surface area contributed by atoms with Crippen LogP contribution in [0, 0.1) is 6.92 Å². The lowest BCUT2D eigenvalue weighted by Gasteiger charge is -2.12. The number of hydrogen-bond donors (Lipinski definition) is 2. The second-order valence-electron chi connectivity index (χ2n) is 6.42. The van der Waals surface area contributed by atoms with Crippen molar-refractivity contribution >= 4 is 23.6 Å². The van der Waals surface area contributed by atoms with E-state index < -0.39 is 0 Å². The first-order chi connectivity index (χ1) is 13.0. The van der Waals surface area contributed by atoms with Gasteiger partial charge in [0.15, 0.2) is 0 Å². The molecule has 0 heterocycles. The van der Waals surface area contributed by atoms with Crippen LogP contribution in [0.25, 0.3) is 0 Å². The molecule has 0 unspecified atom stereocenters. The maximum absolute atomic E-state index is 12.5. The molecule has 0 aliphatic carbocycles. The van der Waals surface area contributed by atoms with Crippen LogP contribution in [0.2, 0.25) is 0 Å². The van der Waals surface area contributed by atoms with Gasteiger partial charge in [-0.15, -0.1) is 11.8 Å². The van der Waals surface area contributed by atoms with E-state index in [9.17, 15) is 9.59 Å². The summed E-state index contributed by atoms with van der Waals surface area (Å²) in [4.78, 5) is 25.1. The lowest BCUT2D eigenvalue weighted by molar-refractivity contribution is -0.119. The minimum Gasteiger partial charge on any atom is -0.492 e. The van der Waals surface area contributed by atoms with Crippen LogP contribution in [0.3, 0.4) is 0 Å².